The zero-order valence-electron chi connectivity index (χ0n) is 21.7. The minimum Gasteiger partial charge on any atom is -0.481 e. The van der Waals surface area contributed by atoms with Crippen molar-refractivity contribution < 1.29 is 25.6 Å². The Morgan fingerprint density at radius 1 is 1.06 bits per heavy atom. The van der Waals surface area contributed by atoms with Crippen molar-refractivity contribution in [1.29, 1.82) is 0 Å². The molecule has 1 aromatic heterocycles. The van der Waals surface area contributed by atoms with Crippen molar-refractivity contribution in [2.24, 2.45) is 0 Å². The molecule has 1 saturated heterocycles. The SMILES string of the molecule is CCOCCn1c(C2CCN(CCc3ccc(C(C)(C)C(=O)O)cc3)CC2)nc2ccccc21.O.O. The minimum absolute atomic E-state index is 0. The van der Waals surface area contributed by atoms with E-state index in [2.05, 4.69) is 45.9 Å². The summed E-state index contributed by atoms with van der Waals surface area (Å²) in [5.41, 5.74) is 3.52. The van der Waals surface area contributed by atoms with Gasteiger partial charge in [-0.25, -0.2) is 4.98 Å². The van der Waals surface area contributed by atoms with Gasteiger partial charge in [-0.05, 0) is 76.4 Å². The van der Waals surface area contributed by atoms with E-state index < -0.39 is 11.4 Å². The number of nitrogens with zero attached hydrogens (tertiary/aromatic N) is 3. The van der Waals surface area contributed by atoms with Crippen LogP contribution in [0, 0.1) is 0 Å². The van der Waals surface area contributed by atoms with Gasteiger partial charge in [0.05, 0.1) is 23.1 Å². The number of ether oxygens (including phenoxy) is 1. The van der Waals surface area contributed by atoms with E-state index in [4.69, 9.17) is 9.72 Å². The van der Waals surface area contributed by atoms with Crippen LogP contribution in [-0.2, 0) is 27.9 Å². The van der Waals surface area contributed by atoms with E-state index in [1.54, 1.807) is 13.8 Å². The Hall–Kier alpha value is -2.78. The maximum Gasteiger partial charge on any atom is 0.313 e. The van der Waals surface area contributed by atoms with Crippen LogP contribution in [-0.4, -0.2) is 69.3 Å². The van der Waals surface area contributed by atoms with Crippen LogP contribution in [0.25, 0.3) is 11.0 Å². The van der Waals surface area contributed by atoms with Gasteiger partial charge in [-0.1, -0.05) is 36.4 Å². The number of benzene rings is 2. The number of likely N-dealkylation sites (tertiary alicyclic amines) is 1. The molecule has 36 heavy (non-hydrogen) atoms. The molecule has 8 heteroatoms. The minimum atomic E-state index is -0.862. The second-order valence-corrected chi connectivity index (χ2v) is 9.80. The molecule has 1 aliphatic heterocycles. The summed E-state index contributed by atoms with van der Waals surface area (Å²) in [6.45, 7) is 11.0. The molecule has 2 heterocycles. The Kier molecular flexibility index (Phi) is 10.6. The molecule has 0 amide bonds. The average Bonchev–Trinajstić information content (AvgIpc) is 3.22. The van der Waals surface area contributed by atoms with Crippen LogP contribution in [0.2, 0.25) is 0 Å². The van der Waals surface area contributed by atoms with Crippen LogP contribution in [0.5, 0.6) is 0 Å². The standard InChI is InChI=1S/C28H37N3O3.2H2O/c1-4-34-20-19-31-25-8-6-5-7-24(25)29-26(31)22-14-17-30(18-15-22)16-13-21-9-11-23(12-10-21)28(2,3)27(32)33;;/h5-12,22H,4,13-20H2,1-3H3,(H,32,33);2*1H2. The van der Waals surface area contributed by atoms with Gasteiger partial charge >= 0.3 is 5.97 Å². The number of fused-ring (bicyclic) bond motifs is 1. The van der Waals surface area contributed by atoms with Crippen molar-refractivity contribution in [3.8, 4) is 0 Å². The predicted molar refractivity (Wildman–Crippen MR) is 143 cm³/mol. The number of carbonyl (C=O) groups is 1. The van der Waals surface area contributed by atoms with Crippen LogP contribution in [0.3, 0.4) is 0 Å². The molecule has 5 N–H and O–H groups in total. The highest BCUT2D eigenvalue weighted by atomic mass is 16.5. The van der Waals surface area contributed by atoms with Crippen molar-refractivity contribution in [3.63, 3.8) is 0 Å². The normalized spacial score (nSPS) is 14.9. The molecular weight excluding hydrogens is 458 g/mol. The first kappa shape index (κ1) is 29.5. The van der Waals surface area contributed by atoms with E-state index in [0.29, 0.717) is 12.5 Å². The van der Waals surface area contributed by atoms with Gasteiger partial charge in [-0.15, -0.1) is 0 Å². The number of hydrogen-bond donors (Lipinski definition) is 1. The Balaban J connectivity index is 0.00000228. The topological polar surface area (TPSA) is 131 Å². The molecule has 0 saturated carbocycles. The van der Waals surface area contributed by atoms with Gasteiger partial charge in [0.15, 0.2) is 0 Å². The Labute approximate surface area is 213 Å². The number of carboxylic acids is 1. The fourth-order valence-corrected chi connectivity index (χ4v) is 4.85. The maximum absolute atomic E-state index is 11.5. The zero-order valence-corrected chi connectivity index (χ0v) is 21.7. The van der Waals surface area contributed by atoms with Crippen molar-refractivity contribution in [2.75, 3.05) is 32.8 Å². The molecule has 198 valence electrons. The molecule has 0 spiro atoms. The number of para-hydroxylation sites is 2. The highest BCUT2D eigenvalue weighted by Crippen LogP contribution is 2.30. The van der Waals surface area contributed by atoms with Crippen molar-refractivity contribution in [3.05, 3.63) is 65.5 Å². The molecule has 0 aliphatic carbocycles. The van der Waals surface area contributed by atoms with Crippen molar-refractivity contribution in [1.82, 2.24) is 14.5 Å². The highest BCUT2D eigenvalue weighted by Gasteiger charge is 2.29. The smallest absolute Gasteiger partial charge is 0.313 e. The third-order valence-electron chi connectivity index (χ3n) is 7.23. The van der Waals surface area contributed by atoms with Gasteiger partial charge in [0.1, 0.15) is 5.82 Å². The molecule has 3 aromatic rings. The largest absolute Gasteiger partial charge is 0.481 e. The van der Waals surface area contributed by atoms with Gasteiger partial charge in [0, 0.05) is 25.6 Å². The van der Waals surface area contributed by atoms with Crippen LogP contribution >= 0.6 is 0 Å². The number of imidazole rings is 1. The van der Waals surface area contributed by atoms with E-state index >= 15 is 0 Å². The molecule has 0 unspecified atom stereocenters. The third-order valence-corrected chi connectivity index (χ3v) is 7.23. The van der Waals surface area contributed by atoms with Crippen LogP contribution in [0.1, 0.15) is 56.5 Å². The summed E-state index contributed by atoms with van der Waals surface area (Å²) in [6, 6.07) is 16.5. The van der Waals surface area contributed by atoms with E-state index in [-0.39, 0.29) is 11.0 Å². The predicted octanol–water partition coefficient (Wildman–Crippen LogP) is 3.21. The molecule has 0 radical (unpaired) electrons. The molecule has 0 bridgehead atoms. The molecule has 4 rings (SSSR count). The van der Waals surface area contributed by atoms with Crippen LogP contribution in [0.4, 0.5) is 0 Å². The fourth-order valence-electron chi connectivity index (χ4n) is 4.85. The van der Waals surface area contributed by atoms with Crippen LogP contribution in [0.15, 0.2) is 48.5 Å². The summed E-state index contributed by atoms with van der Waals surface area (Å²) in [5, 5.41) is 9.43. The first-order valence-corrected chi connectivity index (χ1v) is 12.5. The summed E-state index contributed by atoms with van der Waals surface area (Å²) < 4.78 is 8.01. The Morgan fingerprint density at radius 2 is 1.72 bits per heavy atom. The van der Waals surface area contributed by atoms with E-state index in [0.717, 1.165) is 63.1 Å². The quantitative estimate of drug-likeness (QED) is 0.428. The number of aliphatic carboxylic acids is 1. The van der Waals surface area contributed by atoms with Gasteiger partial charge < -0.3 is 30.3 Å². The summed E-state index contributed by atoms with van der Waals surface area (Å²) in [7, 11) is 0. The molecule has 0 atom stereocenters. The Morgan fingerprint density at radius 3 is 2.36 bits per heavy atom. The molecule has 1 fully saturated rings. The summed E-state index contributed by atoms with van der Waals surface area (Å²) in [5.74, 6) is 0.884. The number of piperidine rings is 1. The zero-order chi connectivity index (χ0) is 24.1. The third kappa shape index (κ3) is 6.50. The second-order valence-electron chi connectivity index (χ2n) is 9.80. The summed E-state index contributed by atoms with van der Waals surface area (Å²) >= 11 is 0. The van der Waals surface area contributed by atoms with E-state index in [9.17, 15) is 9.90 Å². The second kappa shape index (κ2) is 13.0. The average molecular weight is 500 g/mol. The summed E-state index contributed by atoms with van der Waals surface area (Å²) in [4.78, 5) is 19.0. The van der Waals surface area contributed by atoms with E-state index in [1.165, 1.54) is 16.9 Å². The first-order chi connectivity index (χ1) is 16.4. The first-order valence-electron chi connectivity index (χ1n) is 12.5. The lowest BCUT2D eigenvalue weighted by molar-refractivity contribution is -0.142. The lowest BCUT2D eigenvalue weighted by Crippen LogP contribution is -2.35. The molecule has 8 nitrogen and oxygen atoms in total. The molecule has 1 aliphatic rings. The van der Waals surface area contributed by atoms with Gasteiger partial charge in [0.25, 0.3) is 0 Å². The number of carboxylic acid groups (broad SMARTS) is 1. The van der Waals surface area contributed by atoms with Gasteiger partial charge in [-0.2, -0.15) is 0 Å². The number of hydrogen-bond acceptors (Lipinski definition) is 4. The lowest BCUT2D eigenvalue weighted by atomic mass is 9.84. The maximum atomic E-state index is 11.5. The van der Waals surface area contributed by atoms with Crippen molar-refractivity contribution in [2.45, 2.75) is 57.9 Å². The molecule has 2 aromatic carbocycles. The molecular formula is C28H41N3O5. The summed E-state index contributed by atoms with van der Waals surface area (Å²) in [6.07, 6.45) is 3.21. The number of aromatic nitrogens is 2. The fraction of sp³-hybridized carbons (Fsp3) is 0.500. The van der Waals surface area contributed by atoms with Gasteiger partial charge in [-0.3, -0.25) is 4.79 Å². The highest BCUT2D eigenvalue weighted by molar-refractivity contribution is 5.80. The van der Waals surface area contributed by atoms with E-state index in [1.807, 2.05) is 19.1 Å². The number of rotatable bonds is 10. The van der Waals surface area contributed by atoms with Gasteiger partial charge in [0.2, 0.25) is 0 Å². The Bertz CT molecular complexity index is 1100. The van der Waals surface area contributed by atoms with Crippen molar-refractivity contribution >= 4 is 17.0 Å². The monoisotopic (exact) mass is 499 g/mol. The lowest BCUT2D eigenvalue weighted by Gasteiger charge is -2.32. The van der Waals surface area contributed by atoms with Crippen LogP contribution < -0.4 is 0 Å².